The van der Waals surface area contributed by atoms with Crippen molar-refractivity contribution in [1.82, 2.24) is 15.1 Å². The largest absolute Gasteiger partial charge is 0.346 e. The molecular weight excluding hydrogens is 318 g/mol. The Morgan fingerprint density at radius 2 is 2.28 bits per heavy atom. The molecule has 1 amide bonds. The molecule has 0 saturated heterocycles. The van der Waals surface area contributed by atoms with Gasteiger partial charge in [0.1, 0.15) is 0 Å². The number of aryl methyl sites for hydroxylation is 1. The van der Waals surface area contributed by atoms with E-state index in [1.807, 2.05) is 19.3 Å². The van der Waals surface area contributed by atoms with E-state index in [1.54, 1.807) is 22.9 Å². The molecule has 6 heteroatoms. The van der Waals surface area contributed by atoms with Crippen LogP contribution >= 0.6 is 27.5 Å². The molecule has 0 radical (unpaired) electrons. The maximum absolute atomic E-state index is 11.9. The van der Waals surface area contributed by atoms with Crippen LogP contribution in [0.5, 0.6) is 0 Å². The van der Waals surface area contributed by atoms with Crippen LogP contribution in [0.25, 0.3) is 0 Å². The van der Waals surface area contributed by atoms with E-state index in [0.717, 1.165) is 5.69 Å². The minimum absolute atomic E-state index is 0.155. The number of hydrogen-bond donors (Lipinski definition) is 1. The SMILES string of the molecule is Cn1ccc(CNC(=O)c2ccc(Cl)c(Br)c2)n1. The lowest BCUT2D eigenvalue weighted by molar-refractivity contribution is 0.0950. The summed E-state index contributed by atoms with van der Waals surface area (Å²) < 4.78 is 2.40. The summed E-state index contributed by atoms with van der Waals surface area (Å²) in [7, 11) is 1.83. The summed E-state index contributed by atoms with van der Waals surface area (Å²) in [4.78, 5) is 11.9. The van der Waals surface area contributed by atoms with E-state index < -0.39 is 0 Å². The minimum Gasteiger partial charge on any atom is -0.346 e. The third-order valence-corrected chi connectivity index (χ3v) is 3.59. The van der Waals surface area contributed by atoms with Gasteiger partial charge in [0, 0.05) is 23.3 Å². The third-order valence-electron chi connectivity index (χ3n) is 2.38. The van der Waals surface area contributed by atoms with Crippen molar-refractivity contribution in [2.24, 2.45) is 7.05 Å². The van der Waals surface area contributed by atoms with Gasteiger partial charge >= 0.3 is 0 Å². The lowest BCUT2D eigenvalue weighted by Gasteiger charge is -2.04. The molecule has 0 atom stereocenters. The molecule has 0 spiro atoms. The molecule has 0 bridgehead atoms. The Balaban J connectivity index is 2.01. The number of aromatic nitrogens is 2. The smallest absolute Gasteiger partial charge is 0.251 e. The zero-order valence-corrected chi connectivity index (χ0v) is 12.0. The zero-order chi connectivity index (χ0) is 13.1. The van der Waals surface area contributed by atoms with Gasteiger partial charge in [-0.25, -0.2) is 0 Å². The summed E-state index contributed by atoms with van der Waals surface area (Å²) in [5.74, 6) is -0.155. The topological polar surface area (TPSA) is 46.9 Å². The van der Waals surface area contributed by atoms with Crippen molar-refractivity contribution in [3.05, 3.63) is 51.2 Å². The number of benzene rings is 1. The van der Waals surface area contributed by atoms with E-state index in [1.165, 1.54) is 0 Å². The predicted molar refractivity (Wildman–Crippen MR) is 73.5 cm³/mol. The van der Waals surface area contributed by atoms with Crippen LogP contribution in [0.15, 0.2) is 34.9 Å². The predicted octanol–water partition coefficient (Wildman–Crippen LogP) is 2.77. The van der Waals surface area contributed by atoms with Gasteiger partial charge < -0.3 is 5.32 Å². The number of halogens is 2. The Kier molecular flexibility index (Phi) is 4.04. The number of nitrogens with one attached hydrogen (secondary N) is 1. The molecule has 2 aromatic rings. The molecule has 0 aliphatic heterocycles. The molecule has 2 rings (SSSR count). The van der Waals surface area contributed by atoms with Crippen molar-refractivity contribution in [1.29, 1.82) is 0 Å². The summed E-state index contributed by atoms with van der Waals surface area (Å²) in [6.07, 6.45) is 1.83. The molecule has 0 unspecified atom stereocenters. The van der Waals surface area contributed by atoms with Gasteiger partial charge in [0.25, 0.3) is 5.91 Å². The van der Waals surface area contributed by atoms with Gasteiger partial charge in [-0.2, -0.15) is 5.10 Å². The van der Waals surface area contributed by atoms with Gasteiger partial charge in [-0.05, 0) is 40.2 Å². The average molecular weight is 329 g/mol. The van der Waals surface area contributed by atoms with Gasteiger partial charge in [-0.15, -0.1) is 0 Å². The van der Waals surface area contributed by atoms with Crippen LogP contribution < -0.4 is 5.32 Å². The first-order valence-corrected chi connectivity index (χ1v) is 6.45. The van der Waals surface area contributed by atoms with Crippen molar-refractivity contribution in [3.8, 4) is 0 Å². The highest BCUT2D eigenvalue weighted by Crippen LogP contribution is 2.23. The van der Waals surface area contributed by atoms with Crippen molar-refractivity contribution in [2.75, 3.05) is 0 Å². The molecule has 1 aromatic carbocycles. The van der Waals surface area contributed by atoms with E-state index in [2.05, 4.69) is 26.3 Å². The summed E-state index contributed by atoms with van der Waals surface area (Å²) in [5, 5.41) is 7.56. The fourth-order valence-corrected chi connectivity index (χ4v) is 1.96. The molecule has 0 aliphatic rings. The van der Waals surface area contributed by atoms with Gasteiger partial charge in [0.05, 0.1) is 17.3 Å². The lowest BCUT2D eigenvalue weighted by Crippen LogP contribution is -2.23. The second-order valence-electron chi connectivity index (χ2n) is 3.79. The number of hydrogen-bond acceptors (Lipinski definition) is 2. The van der Waals surface area contributed by atoms with Crippen LogP contribution in [0.4, 0.5) is 0 Å². The van der Waals surface area contributed by atoms with Crippen molar-refractivity contribution in [3.63, 3.8) is 0 Å². The maximum atomic E-state index is 11.9. The van der Waals surface area contributed by atoms with Crippen LogP contribution in [-0.4, -0.2) is 15.7 Å². The summed E-state index contributed by atoms with van der Waals surface area (Å²) in [6, 6.07) is 6.91. The van der Waals surface area contributed by atoms with Gasteiger partial charge in [0.2, 0.25) is 0 Å². The first kappa shape index (κ1) is 13.1. The van der Waals surface area contributed by atoms with Crippen molar-refractivity contribution < 1.29 is 4.79 Å². The van der Waals surface area contributed by atoms with Gasteiger partial charge in [-0.3, -0.25) is 9.48 Å². The molecule has 0 saturated carbocycles. The van der Waals surface area contributed by atoms with Crippen LogP contribution in [0.2, 0.25) is 5.02 Å². The highest BCUT2D eigenvalue weighted by Gasteiger charge is 2.08. The number of rotatable bonds is 3. The fourth-order valence-electron chi connectivity index (χ4n) is 1.47. The number of carbonyl (C=O) groups is 1. The third kappa shape index (κ3) is 3.11. The van der Waals surface area contributed by atoms with E-state index in [-0.39, 0.29) is 5.91 Å². The quantitative estimate of drug-likeness (QED) is 0.942. The number of amides is 1. The summed E-state index contributed by atoms with van der Waals surface area (Å²) >= 11 is 9.16. The molecule has 18 heavy (non-hydrogen) atoms. The monoisotopic (exact) mass is 327 g/mol. The second kappa shape index (κ2) is 5.54. The molecule has 1 N–H and O–H groups in total. The molecule has 0 aliphatic carbocycles. The average Bonchev–Trinajstić information content (AvgIpc) is 2.75. The fraction of sp³-hybridized carbons (Fsp3) is 0.167. The minimum atomic E-state index is -0.155. The molecule has 1 heterocycles. The van der Waals surface area contributed by atoms with Gasteiger partial charge in [0.15, 0.2) is 0 Å². The second-order valence-corrected chi connectivity index (χ2v) is 5.05. The molecule has 0 fully saturated rings. The highest BCUT2D eigenvalue weighted by molar-refractivity contribution is 9.10. The normalized spacial score (nSPS) is 10.4. The Morgan fingerprint density at radius 3 is 2.89 bits per heavy atom. The first-order chi connectivity index (χ1) is 8.56. The van der Waals surface area contributed by atoms with Crippen LogP contribution in [0, 0.1) is 0 Å². The molecule has 4 nitrogen and oxygen atoms in total. The molecule has 94 valence electrons. The van der Waals surface area contributed by atoms with Gasteiger partial charge in [-0.1, -0.05) is 11.6 Å². The van der Waals surface area contributed by atoms with Crippen LogP contribution in [0.1, 0.15) is 16.1 Å². The van der Waals surface area contributed by atoms with E-state index in [4.69, 9.17) is 11.6 Å². The Labute approximate surface area is 118 Å². The molecular formula is C12H11BrClN3O. The number of nitrogens with zero attached hydrogens (tertiary/aromatic N) is 2. The number of carbonyl (C=O) groups excluding carboxylic acids is 1. The van der Waals surface area contributed by atoms with Crippen molar-refractivity contribution >= 4 is 33.4 Å². The Bertz CT molecular complexity index is 582. The summed E-state index contributed by atoms with van der Waals surface area (Å²) in [6.45, 7) is 0.403. The lowest BCUT2D eigenvalue weighted by atomic mass is 10.2. The zero-order valence-electron chi connectivity index (χ0n) is 9.65. The van der Waals surface area contributed by atoms with E-state index in [9.17, 15) is 4.79 Å². The van der Waals surface area contributed by atoms with E-state index in [0.29, 0.717) is 21.6 Å². The highest BCUT2D eigenvalue weighted by atomic mass is 79.9. The standard InChI is InChI=1S/C12H11BrClN3O/c1-17-5-4-9(16-17)7-15-12(18)8-2-3-11(14)10(13)6-8/h2-6H,7H2,1H3,(H,15,18). The first-order valence-electron chi connectivity index (χ1n) is 5.28. The summed E-state index contributed by atoms with van der Waals surface area (Å²) in [5.41, 5.74) is 1.38. The molecule has 1 aromatic heterocycles. The van der Waals surface area contributed by atoms with Crippen LogP contribution in [-0.2, 0) is 13.6 Å². The van der Waals surface area contributed by atoms with Crippen LogP contribution in [0.3, 0.4) is 0 Å². The Morgan fingerprint density at radius 1 is 1.50 bits per heavy atom. The maximum Gasteiger partial charge on any atom is 0.251 e. The van der Waals surface area contributed by atoms with Crippen molar-refractivity contribution in [2.45, 2.75) is 6.54 Å². The Hall–Kier alpha value is -1.33. The van der Waals surface area contributed by atoms with E-state index >= 15 is 0 Å².